The third-order valence-electron chi connectivity index (χ3n) is 4.90. The van der Waals surface area contributed by atoms with E-state index in [2.05, 4.69) is 41.4 Å². The number of hydrogen-bond acceptors (Lipinski definition) is 4. The predicted octanol–water partition coefficient (Wildman–Crippen LogP) is 3.10. The van der Waals surface area contributed by atoms with Crippen LogP contribution in [0.2, 0.25) is 0 Å². The second-order valence-electron chi connectivity index (χ2n) is 6.72. The van der Waals surface area contributed by atoms with Crippen LogP contribution >= 0.6 is 0 Å². The van der Waals surface area contributed by atoms with Crippen molar-refractivity contribution in [1.29, 1.82) is 5.26 Å². The molecule has 1 aromatic heterocycles. The quantitative estimate of drug-likeness (QED) is 0.910. The molecule has 5 heteroatoms. The first-order valence-electron chi connectivity index (χ1n) is 8.64. The molecule has 0 saturated carbocycles. The van der Waals surface area contributed by atoms with Crippen molar-refractivity contribution in [3.8, 4) is 6.07 Å². The maximum atomic E-state index is 12.4. The lowest BCUT2D eigenvalue weighted by molar-refractivity contribution is 0.0925. The summed E-state index contributed by atoms with van der Waals surface area (Å²) in [6.45, 7) is 6.73. The average Bonchev–Trinajstić information content (AvgIpc) is 3.22. The molecule has 25 heavy (non-hydrogen) atoms. The molecule has 2 atom stereocenters. The van der Waals surface area contributed by atoms with Gasteiger partial charge in [-0.3, -0.25) is 9.69 Å². The second kappa shape index (κ2) is 7.54. The number of carbonyl (C=O) groups excluding carboxylic acids is 1. The van der Waals surface area contributed by atoms with Gasteiger partial charge >= 0.3 is 0 Å². The highest BCUT2D eigenvalue weighted by atomic mass is 16.3. The number of furan rings is 1. The van der Waals surface area contributed by atoms with Crippen LogP contribution in [-0.2, 0) is 6.54 Å². The zero-order valence-corrected chi connectivity index (χ0v) is 14.7. The molecule has 3 rings (SSSR count). The van der Waals surface area contributed by atoms with Crippen molar-refractivity contribution in [1.82, 2.24) is 10.2 Å². The summed E-state index contributed by atoms with van der Waals surface area (Å²) in [5, 5.41) is 11.9. The van der Waals surface area contributed by atoms with Gasteiger partial charge in [0.1, 0.15) is 11.8 Å². The normalized spacial score (nSPS) is 18.7. The summed E-state index contributed by atoms with van der Waals surface area (Å²) in [7, 11) is 0. The fourth-order valence-corrected chi connectivity index (χ4v) is 3.42. The summed E-state index contributed by atoms with van der Waals surface area (Å²) in [5.74, 6) is 0.913. The van der Waals surface area contributed by atoms with Gasteiger partial charge in [0.05, 0.1) is 5.56 Å². The summed E-state index contributed by atoms with van der Waals surface area (Å²) in [4.78, 5) is 14.9. The third-order valence-corrected chi connectivity index (χ3v) is 4.90. The standard InChI is InChI=1S/C20H23N3O2/c1-14(22-20(24)19-10-18(11-21)25-15(19)2)17-8-9-23(13-17)12-16-6-4-3-5-7-16/h3-7,10,14,17H,8-9,12-13H2,1-2H3,(H,22,24)/t14-,17+/m0/s1. The summed E-state index contributed by atoms with van der Waals surface area (Å²) >= 11 is 0. The Morgan fingerprint density at radius 3 is 2.88 bits per heavy atom. The third kappa shape index (κ3) is 4.09. The molecule has 1 N–H and O–H groups in total. The van der Waals surface area contributed by atoms with Gasteiger partial charge < -0.3 is 9.73 Å². The zero-order valence-electron chi connectivity index (χ0n) is 14.7. The maximum Gasteiger partial charge on any atom is 0.255 e. The fraction of sp³-hybridized carbons (Fsp3) is 0.400. The molecule has 1 amide bonds. The van der Waals surface area contributed by atoms with E-state index in [1.807, 2.05) is 12.1 Å². The van der Waals surface area contributed by atoms with Gasteiger partial charge in [0.15, 0.2) is 0 Å². The van der Waals surface area contributed by atoms with Crippen LogP contribution in [-0.4, -0.2) is 29.9 Å². The van der Waals surface area contributed by atoms with Crippen molar-refractivity contribution in [2.45, 2.75) is 32.9 Å². The molecule has 1 aliphatic heterocycles. The van der Waals surface area contributed by atoms with Gasteiger partial charge in [-0.1, -0.05) is 30.3 Å². The van der Waals surface area contributed by atoms with E-state index in [0.717, 1.165) is 26.1 Å². The van der Waals surface area contributed by atoms with E-state index in [0.29, 0.717) is 17.2 Å². The molecule has 1 aliphatic rings. The molecule has 2 aromatic rings. The molecule has 0 unspecified atom stereocenters. The second-order valence-corrected chi connectivity index (χ2v) is 6.72. The molecular weight excluding hydrogens is 314 g/mol. The van der Waals surface area contributed by atoms with Gasteiger partial charge in [-0.25, -0.2) is 0 Å². The molecule has 0 aliphatic carbocycles. The lowest BCUT2D eigenvalue weighted by atomic mass is 10.00. The minimum Gasteiger partial charge on any atom is -0.450 e. The number of benzene rings is 1. The van der Waals surface area contributed by atoms with Crippen molar-refractivity contribution in [3.05, 3.63) is 59.0 Å². The van der Waals surface area contributed by atoms with E-state index in [1.165, 1.54) is 11.6 Å². The number of nitrogens with zero attached hydrogens (tertiary/aromatic N) is 2. The number of rotatable bonds is 5. The van der Waals surface area contributed by atoms with Gasteiger partial charge in [0.2, 0.25) is 5.76 Å². The molecule has 0 spiro atoms. The zero-order chi connectivity index (χ0) is 17.8. The highest BCUT2D eigenvalue weighted by Gasteiger charge is 2.28. The lowest BCUT2D eigenvalue weighted by Crippen LogP contribution is -2.39. The molecule has 2 heterocycles. The molecule has 1 fully saturated rings. The number of nitriles is 1. The monoisotopic (exact) mass is 337 g/mol. The predicted molar refractivity (Wildman–Crippen MR) is 94.9 cm³/mol. The number of amides is 1. The van der Waals surface area contributed by atoms with E-state index in [-0.39, 0.29) is 17.7 Å². The topological polar surface area (TPSA) is 69.3 Å². The van der Waals surface area contributed by atoms with Gasteiger partial charge in [0, 0.05) is 25.2 Å². The van der Waals surface area contributed by atoms with Crippen LogP contribution in [0.3, 0.4) is 0 Å². The number of nitrogens with one attached hydrogen (secondary N) is 1. The van der Waals surface area contributed by atoms with Crippen LogP contribution in [0.4, 0.5) is 0 Å². The van der Waals surface area contributed by atoms with Crippen molar-refractivity contribution in [3.63, 3.8) is 0 Å². The van der Waals surface area contributed by atoms with Gasteiger partial charge in [-0.15, -0.1) is 0 Å². The Morgan fingerprint density at radius 2 is 2.20 bits per heavy atom. The highest BCUT2D eigenvalue weighted by molar-refractivity contribution is 5.95. The average molecular weight is 337 g/mol. The summed E-state index contributed by atoms with van der Waals surface area (Å²) in [6, 6.07) is 14.0. The Labute approximate surface area is 148 Å². The Bertz CT molecular complexity index is 776. The molecule has 1 saturated heterocycles. The first-order chi connectivity index (χ1) is 12.1. The van der Waals surface area contributed by atoms with Crippen LogP contribution in [0, 0.1) is 24.2 Å². The van der Waals surface area contributed by atoms with Gasteiger partial charge in [-0.2, -0.15) is 5.26 Å². The van der Waals surface area contributed by atoms with E-state index in [1.54, 1.807) is 6.92 Å². The van der Waals surface area contributed by atoms with Crippen LogP contribution in [0.25, 0.3) is 0 Å². The van der Waals surface area contributed by atoms with Gasteiger partial charge in [-0.05, 0) is 38.3 Å². The smallest absolute Gasteiger partial charge is 0.255 e. The maximum absolute atomic E-state index is 12.4. The summed E-state index contributed by atoms with van der Waals surface area (Å²) in [5.41, 5.74) is 1.76. The van der Waals surface area contributed by atoms with Gasteiger partial charge in [0.25, 0.3) is 5.91 Å². The van der Waals surface area contributed by atoms with Crippen LogP contribution < -0.4 is 5.32 Å². The number of likely N-dealkylation sites (tertiary alicyclic amines) is 1. The van der Waals surface area contributed by atoms with Crippen molar-refractivity contribution in [2.24, 2.45) is 5.92 Å². The Hall–Kier alpha value is -2.58. The first-order valence-corrected chi connectivity index (χ1v) is 8.64. The summed E-state index contributed by atoms with van der Waals surface area (Å²) < 4.78 is 5.25. The van der Waals surface area contributed by atoms with E-state index >= 15 is 0 Å². The van der Waals surface area contributed by atoms with Crippen molar-refractivity contribution in [2.75, 3.05) is 13.1 Å². The van der Waals surface area contributed by atoms with Crippen LogP contribution in [0.1, 0.15) is 40.8 Å². The fourth-order valence-electron chi connectivity index (χ4n) is 3.42. The van der Waals surface area contributed by atoms with Crippen molar-refractivity contribution >= 4 is 5.91 Å². The van der Waals surface area contributed by atoms with E-state index < -0.39 is 0 Å². The molecule has 130 valence electrons. The molecule has 0 bridgehead atoms. The van der Waals surface area contributed by atoms with E-state index in [4.69, 9.17) is 9.68 Å². The Balaban J connectivity index is 1.55. The number of hydrogen-bond donors (Lipinski definition) is 1. The first kappa shape index (κ1) is 17.2. The van der Waals surface area contributed by atoms with Crippen LogP contribution in [0.15, 0.2) is 40.8 Å². The Kier molecular flexibility index (Phi) is 5.20. The highest BCUT2D eigenvalue weighted by Crippen LogP contribution is 2.22. The number of carbonyl (C=O) groups is 1. The minimum absolute atomic E-state index is 0.0770. The number of aryl methyl sites for hydroxylation is 1. The largest absolute Gasteiger partial charge is 0.450 e. The lowest BCUT2D eigenvalue weighted by Gasteiger charge is -2.21. The van der Waals surface area contributed by atoms with Crippen LogP contribution in [0.5, 0.6) is 0 Å². The molecule has 0 radical (unpaired) electrons. The van der Waals surface area contributed by atoms with Crippen molar-refractivity contribution < 1.29 is 9.21 Å². The van der Waals surface area contributed by atoms with E-state index in [9.17, 15) is 4.79 Å². The Morgan fingerprint density at radius 1 is 1.44 bits per heavy atom. The minimum atomic E-state index is -0.170. The molecule has 1 aromatic carbocycles. The summed E-state index contributed by atoms with van der Waals surface area (Å²) in [6.07, 6.45) is 1.07. The molecule has 5 nitrogen and oxygen atoms in total. The SMILES string of the molecule is Cc1oc(C#N)cc1C(=O)N[C@@H](C)[C@@H]1CCN(Cc2ccccc2)C1. The molecular formula is C20H23N3O2.